The average Bonchev–Trinajstić information content (AvgIpc) is 3.23. The second-order valence-electron chi connectivity index (χ2n) is 10.1. The average molecular weight is 512 g/mol. The van der Waals surface area contributed by atoms with Crippen molar-refractivity contribution in [3.63, 3.8) is 0 Å². The number of hydrogen-bond acceptors (Lipinski definition) is 7. The molecular weight excluding hydrogens is 482 g/mol. The third-order valence-corrected chi connectivity index (χ3v) is 8.20. The van der Waals surface area contributed by atoms with Crippen molar-refractivity contribution in [2.24, 2.45) is 11.7 Å². The molecule has 0 amide bonds. The van der Waals surface area contributed by atoms with Crippen molar-refractivity contribution in [3.05, 3.63) is 56.9 Å². The topological polar surface area (TPSA) is 128 Å². The van der Waals surface area contributed by atoms with Crippen molar-refractivity contribution in [2.45, 2.75) is 70.2 Å². The van der Waals surface area contributed by atoms with Crippen LogP contribution in [0.3, 0.4) is 0 Å². The van der Waals surface area contributed by atoms with E-state index in [-0.39, 0.29) is 42.8 Å². The second kappa shape index (κ2) is 8.87. The van der Waals surface area contributed by atoms with E-state index >= 15 is 0 Å². The van der Waals surface area contributed by atoms with Gasteiger partial charge in [0, 0.05) is 28.1 Å². The van der Waals surface area contributed by atoms with Gasteiger partial charge in [-0.1, -0.05) is 26.2 Å². The number of nitrogens with zero attached hydrogens (tertiary/aromatic N) is 2. The van der Waals surface area contributed by atoms with Gasteiger partial charge in [-0.15, -0.1) is 12.4 Å². The largest absolute Gasteiger partial charge is 0.508 e. The van der Waals surface area contributed by atoms with Gasteiger partial charge in [-0.3, -0.25) is 4.79 Å². The summed E-state index contributed by atoms with van der Waals surface area (Å²) in [5.41, 5.74) is 8.61. The monoisotopic (exact) mass is 511 g/mol. The third-order valence-electron chi connectivity index (χ3n) is 8.20. The van der Waals surface area contributed by atoms with E-state index in [1.165, 1.54) is 6.42 Å². The number of halogens is 1. The Morgan fingerprint density at radius 1 is 1.22 bits per heavy atom. The van der Waals surface area contributed by atoms with Crippen molar-refractivity contribution in [2.75, 3.05) is 0 Å². The first kappa shape index (κ1) is 24.7. The Kier molecular flexibility index (Phi) is 6.09. The Balaban J connectivity index is 0.00000267. The van der Waals surface area contributed by atoms with Crippen LogP contribution in [0.4, 0.5) is 0 Å². The predicted molar refractivity (Wildman–Crippen MR) is 137 cm³/mol. The smallest absolute Gasteiger partial charge is 0.343 e. The minimum Gasteiger partial charge on any atom is -0.508 e. The number of benzene rings is 1. The second-order valence-corrected chi connectivity index (χ2v) is 10.1. The molecule has 2 aliphatic heterocycles. The maximum absolute atomic E-state index is 13.4. The zero-order valence-corrected chi connectivity index (χ0v) is 20.9. The fraction of sp³-hybridized carbons (Fsp3) is 0.444. The molecule has 0 radical (unpaired) electrons. The number of nitrogens with two attached hydrogens (primary N) is 1. The quantitative estimate of drug-likeness (QED) is 0.357. The third kappa shape index (κ3) is 3.46. The zero-order valence-electron chi connectivity index (χ0n) is 20.1. The molecule has 0 bridgehead atoms. The minimum absolute atomic E-state index is 0. The number of ether oxygens (including phenoxy) is 1. The van der Waals surface area contributed by atoms with E-state index in [1.807, 2.05) is 6.07 Å². The van der Waals surface area contributed by atoms with E-state index in [1.54, 1.807) is 29.7 Å². The molecule has 3 aliphatic rings. The lowest BCUT2D eigenvalue weighted by Gasteiger charge is -2.31. The normalized spacial score (nSPS) is 21.8. The van der Waals surface area contributed by atoms with Crippen LogP contribution in [-0.4, -0.2) is 25.7 Å². The van der Waals surface area contributed by atoms with Gasteiger partial charge in [0.2, 0.25) is 0 Å². The first-order chi connectivity index (χ1) is 16.8. The summed E-state index contributed by atoms with van der Waals surface area (Å²) in [7, 11) is 0. The summed E-state index contributed by atoms with van der Waals surface area (Å²) in [4.78, 5) is 30.6. The molecule has 3 aromatic rings. The standard InChI is InChI=1S/C27H29N3O5.ClH/c1-2-27(34)18-11-20-24-15(12-30(20)25(32)17(18)13-35-26(27)33)10-16-19(29-24)8-9-21(31)22(16)23(28)14-6-4-3-5-7-14;/h8-11,14,23,31,34H,2-7,12-13,28H2,1H3;1H. The van der Waals surface area contributed by atoms with E-state index in [9.17, 15) is 19.8 Å². The predicted octanol–water partition coefficient (Wildman–Crippen LogP) is 3.79. The van der Waals surface area contributed by atoms with Crippen molar-refractivity contribution in [1.29, 1.82) is 0 Å². The molecule has 0 spiro atoms. The van der Waals surface area contributed by atoms with Crippen LogP contribution in [0.25, 0.3) is 22.3 Å². The molecule has 0 saturated heterocycles. The van der Waals surface area contributed by atoms with Gasteiger partial charge in [0.1, 0.15) is 12.4 Å². The van der Waals surface area contributed by atoms with Gasteiger partial charge >= 0.3 is 5.97 Å². The fourth-order valence-corrected chi connectivity index (χ4v) is 6.14. The van der Waals surface area contributed by atoms with E-state index in [4.69, 9.17) is 15.5 Å². The lowest BCUT2D eigenvalue weighted by molar-refractivity contribution is -0.172. The van der Waals surface area contributed by atoms with Gasteiger partial charge in [-0.2, -0.15) is 0 Å². The number of carbonyl (C=O) groups is 1. The first-order valence-electron chi connectivity index (χ1n) is 12.4. The first-order valence-corrected chi connectivity index (χ1v) is 12.4. The van der Waals surface area contributed by atoms with Crippen LogP contribution in [0.2, 0.25) is 0 Å². The number of aromatic nitrogens is 2. The molecule has 9 heteroatoms. The molecule has 190 valence electrons. The Hall–Kier alpha value is -2.94. The summed E-state index contributed by atoms with van der Waals surface area (Å²) >= 11 is 0. The molecule has 2 aromatic heterocycles. The summed E-state index contributed by atoms with van der Waals surface area (Å²) in [5, 5.41) is 22.6. The summed E-state index contributed by atoms with van der Waals surface area (Å²) in [6.07, 6.45) is 5.71. The molecule has 1 aliphatic carbocycles. The van der Waals surface area contributed by atoms with Crippen molar-refractivity contribution in [1.82, 2.24) is 9.55 Å². The van der Waals surface area contributed by atoms with Crippen molar-refractivity contribution >= 4 is 29.3 Å². The van der Waals surface area contributed by atoms with Gasteiger partial charge in [-0.05, 0) is 49.4 Å². The molecule has 6 rings (SSSR count). The summed E-state index contributed by atoms with van der Waals surface area (Å²) < 4.78 is 6.76. The molecule has 1 aromatic carbocycles. The van der Waals surface area contributed by atoms with Crippen LogP contribution >= 0.6 is 12.4 Å². The number of cyclic esters (lactones) is 1. The molecule has 2 atom stereocenters. The highest BCUT2D eigenvalue weighted by Gasteiger charge is 2.45. The van der Waals surface area contributed by atoms with Crippen molar-refractivity contribution in [3.8, 4) is 17.1 Å². The van der Waals surface area contributed by atoms with Gasteiger partial charge in [0.15, 0.2) is 5.60 Å². The Morgan fingerprint density at radius 2 is 1.97 bits per heavy atom. The van der Waals surface area contributed by atoms with Gasteiger partial charge in [-0.25, -0.2) is 9.78 Å². The number of rotatable bonds is 3. The number of hydrogen-bond donors (Lipinski definition) is 3. The summed E-state index contributed by atoms with van der Waals surface area (Å²) in [6, 6.07) is 6.80. The number of pyridine rings is 2. The SMILES string of the molecule is CCC1(O)C(=O)OCc2c1cc1n(c2=O)Cc2cc3c(C(N)C4CCCCC4)c(O)ccc3nc2-1.Cl. The van der Waals surface area contributed by atoms with Crippen LogP contribution < -0.4 is 11.3 Å². The molecule has 2 unspecified atom stereocenters. The Morgan fingerprint density at radius 3 is 2.69 bits per heavy atom. The number of phenolic OH excluding ortho intramolecular Hbond substituents is 1. The highest BCUT2D eigenvalue weighted by Crippen LogP contribution is 2.42. The fourth-order valence-electron chi connectivity index (χ4n) is 6.14. The van der Waals surface area contributed by atoms with Crippen LogP contribution in [0.5, 0.6) is 5.75 Å². The molecule has 1 fully saturated rings. The number of fused-ring (bicyclic) bond motifs is 5. The maximum atomic E-state index is 13.4. The molecule has 1 saturated carbocycles. The van der Waals surface area contributed by atoms with E-state index < -0.39 is 11.6 Å². The van der Waals surface area contributed by atoms with Crippen molar-refractivity contribution < 1.29 is 19.7 Å². The maximum Gasteiger partial charge on any atom is 0.343 e. The molecule has 36 heavy (non-hydrogen) atoms. The zero-order chi connectivity index (χ0) is 24.5. The summed E-state index contributed by atoms with van der Waals surface area (Å²) in [5.74, 6) is -0.258. The number of aromatic hydroxyl groups is 1. The highest BCUT2D eigenvalue weighted by atomic mass is 35.5. The Bertz CT molecular complexity index is 1450. The molecule has 4 N–H and O–H groups in total. The van der Waals surface area contributed by atoms with Crippen LogP contribution in [0, 0.1) is 5.92 Å². The molecule has 8 nitrogen and oxygen atoms in total. The van der Waals surface area contributed by atoms with Gasteiger partial charge in [0.25, 0.3) is 5.56 Å². The van der Waals surface area contributed by atoms with Gasteiger partial charge < -0.3 is 25.3 Å². The number of phenols is 1. The van der Waals surface area contributed by atoms with E-state index in [2.05, 4.69) is 0 Å². The number of aliphatic hydroxyl groups is 1. The van der Waals surface area contributed by atoms with E-state index in [0.29, 0.717) is 46.1 Å². The molecule has 4 heterocycles. The summed E-state index contributed by atoms with van der Waals surface area (Å²) in [6.45, 7) is 1.84. The number of esters is 1. The van der Waals surface area contributed by atoms with Crippen LogP contribution in [-0.2, 0) is 28.3 Å². The lowest BCUT2D eigenvalue weighted by atomic mass is 9.80. The van der Waals surface area contributed by atoms with Crippen LogP contribution in [0.1, 0.15) is 73.7 Å². The lowest BCUT2D eigenvalue weighted by Crippen LogP contribution is -2.44. The van der Waals surface area contributed by atoms with Gasteiger partial charge in [0.05, 0.1) is 29.0 Å². The van der Waals surface area contributed by atoms with Crippen LogP contribution in [0.15, 0.2) is 29.1 Å². The van der Waals surface area contributed by atoms with E-state index in [0.717, 1.165) is 36.6 Å². The minimum atomic E-state index is -1.85. The molecular formula is C27H30ClN3O5. The highest BCUT2D eigenvalue weighted by molar-refractivity contribution is 5.89. The number of carbonyl (C=O) groups excluding carboxylic acids is 1. The Labute approximate surface area is 214 Å².